The summed E-state index contributed by atoms with van der Waals surface area (Å²) in [5.41, 5.74) is 14.3. The standard InChI is InChI=1S/C41H32/c1-26-38(32-19-7-9-21-36(32)40(26)34-23-11-15-28-13-3-5-17-30(28)34)25-39-27(2)41(37-22-10-8-20-33(37)39)35-24-12-16-29-14-4-6-18-31(29)35/h3-24,38-39H,25H2,1-2H3. The molecule has 196 valence electrons. The van der Waals surface area contributed by atoms with Crippen molar-refractivity contribution in [3.05, 3.63) is 178 Å². The maximum atomic E-state index is 2.38. The molecule has 0 nitrogen and oxygen atoms in total. The van der Waals surface area contributed by atoms with E-state index in [9.17, 15) is 0 Å². The molecular formula is C41H32. The van der Waals surface area contributed by atoms with Crippen molar-refractivity contribution in [2.75, 3.05) is 0 Å². The van der Waals surface area contributed by atoms with E-state index in [-0.39, 0.29) is 0 Å². The Labute approximate surface area is 242 Å². The molecule has 0 N–H and O–H groups in total. The van der Waals surface area contributed by atoms with Crippen molar-refractivity contribution in [2.45, 2.75) is 32.1 Å². The van der Waals surface area contributed by atoms with Crippen LogP contribution in [-0.4, -0.2) is 0 Å². The number of hydrogen-bond donors (Lipinski definition) is 0. The van der Waals surface area contributed by atoms with Gasteiger partial charge in [-0.2, -0.15) is 0 Å². The molecule has 0 bridgehead atoms. The molecular weight excluding hydrogens is 492 g/mol. The summed E-state index contributed by atoms with van der Waals surface area (Å²) in [6.07, 6.45) is 1.08. The van der Waals surface area contributed by atoms with Crippen LogP contribution in [0.4, 0.5) is 0 Å². The van der Waals surface area contributed by atoms with Gasteiger partial charge < -0.3 is 0 Å². The Bertz CT molecular complexity index is 1890. The minimum atomic E-state index is 0.375. The second-order valence-corrected chi connectivity index (χ2v) is 11.7. The van der Waals surface area contributed by atoms with Crippen molar-refractivity contribution < 1.29 is 0 Å². The number of rotatable bonds is 4. The normalized spacial score (nSPS) is 17.9. The summed E-state index contributed by atoms with van der Waals surface area (Å²) in [5, 5.41) is 5.27. The van der Waals surface area contributed by atoms with Gasteiger partial charge in [0.2, 0.25) is 0 Å². The monoisotopic (exact) mass is 524 g/mol. The highest BCUT2D eigenvalue weighted by Gasteiger charge is 2.36. The van der Waals surface area contributed by atoms with Gasteiger partial charge >= 0.3 is 0 Å². The smallest absolute Gasteiger partial charge is 0.00699 e. The van der Waals surface area contributed by atoms with E-state index in [2.05, 4.69) is 147 Å². The van der Waals surface area contributed by atoms with Gasteiger partial charge in [-0.1, -0.05) is 145 Å². The first-order valence-electron chi connectivity index (χ1n) is 14.8. The molecule has 0 aromatic heterocycles. The third-order valence-corrected chi connectivity index (χ3v) is 9.63. The first kappa shape index (κ1) is 24.1. The fraction of sp³-hybridized carbons (Fsp3) is 0.122. The highest BCUT2D eigenvalue weighted by atomic mass is 14.4. The molecule has 0 amide bonds. The van der Waals surface area contributed by atoms with Gasteiger partial charge in [-0.3, -0.25) is 0 Å². The number of allylic oxidation sites excluding steroid dienone is 2. The van der Waals surface area contributed by atoms with Crippen molar-refractivity contribution in [3.8, 4) is 0 Å². The zero-order valence-electron chi connectivity index (χ0n) is 23.6. The second-order valence-electron chi connectivity index (χ2n) is 11.7. The van der Waals surface area contributed by atoms with Crippen molar-refractivity contribution in [1.82, 2.24) is 0 Å². The van der Waals surface area contributed by atoms with E-state index in [1.165, 1.54) is 77.2 Å². The molecule has 0 saturated heterocycles. The quantitative estimate of drug-likeness (QED) is 0.215. The van der Waals surface area contributed by atoms with Gasteiger partial charge in [-0.05, 0) is 86.3 Å². The molecule has 0 spiro atoms. The van der Waals surface area contributed by atoms with Crippen LogP contribution in [-0.2, 0) is 0 Å². The van der Waals surface area contributed by atoms with Gasteiger partial charge in [-0.25, -0.2) is 0 Å². The summed E-state index contributed by atoms with van der Waals surface area (Å²) >= 11 is 0. The van der Waals surface area contributed by atoms with Crippen LogP contribution >= 0.6 is 0 Å². The number of benzene rings is 6. The third-order valence-electron chi connectivity index (χ3n) is 9.63. The van der Waals surface area contributed by atoms with Crippen molar-refractivity contribution >= 4 is 32.7 Å². The molecule has 2 atom stereocenters. The maximum absolute atomic E-state index is 2.38. The van der Waals surface area contributed by atoms with Crippen LogP contribution in [0.3, 0.4) is 0 Å². The lowest BCUT2D eigenvalue weighted by molar-refractivity contribution is 0.642. The van der Waals surface area contributed by atoms with E-state index < -0.39 is 0 Å². The van der Waals surface area contributed by atoms with Crippen LogP contribution in [0.1, 0.15) is 65.5 Å². The average molecular weight is 525 g/mol. The molecule has 0 heteroatoms. The van der Waals surface area contributed by atoms with Crippen molar-refractivity contribution in [3.63, 3.8) is 0 Å². The number of hydrogen-bond acceptors (Lipinski definition) is 0. The highest BCUT2D eigenvalue weighted by Crippen LogP contribution is 2.54. The zero-order chi connectivity index (χ0) is 27.5. The second kappa shape index (κ2) is 9.46. The lowest BCUT2D eigenvalue weighted by Gasteiger charge is -2.22. The molecule has 41 heavy (non-hydrogen) atoms. The minimum Gasteiger partial charge on any atom is -0.0619 e. The lowest BCUT2D eigenvalue weighted by Crippen LogP contribution is -2.06. The molecule has 0 aliphatic heterocycles. The van der Waals surface area contributed by atoms with Crippen LogP contribution in [0.25, 0.3) is 32.7 Å². The lowest BCUT2D eigenvalue weighted by atomic mass is 9.82. The summed E-state index contributed by atoms with van der Waals surface area (Å²) in [7, 11) is 0. The van der Waals surface area contributed by atoms with Crippen LogP contribution in [0.5, 0.6) is 0 Å². The highest BCUT2D eigenvalue weighted by molar-refractivity contribution is 6.02. The van der Waals surface area contributed by atoms with Gasteiger partial charge in [-0.15, -0.1) is 0 Å². The molecule has 2 aliphatic rings. The topological polar surface area (TPSA) is 0 Å². The van der Waals surface area contributed by atoms with Crippen molar-refractivity contribution in [1.29, 1.82) is 0 Å². The Kier molecular flexibility index (Phi) is 5.57. The molecule has 0 radical (unpaired) electrons. The van der Waals surface area contributed by atoms with E-state index in [0.29, 0.717) is 11.8 Å². The van der Waals surface area contributed by atoms with Crippen LogP contribution in [0, 0.1) is 0 Å². The fourth-order valence-corrected chi connectivity index (χ4v) is 7.74. The van der Waals surface area contributed by atoms with E-state index in [1.807, 2.05) is 0 Å². The summed E-state index contributed by atoms with van der Waals surface area (Å²) in [6.45, 7) is 4.76. The van der Waals surface area contributed by atoms with Gasteiger partial charge in [0.1, 0.15) is 0 Å². The molecule has 2 aliphatic carbocycles. The Morgan fingerprint density at radius 2 is 0.756 bits per heavy atom. The molecule has 8 rings (SSSR count). The van der Waals surface area contributed by atoms with Gasteiger partial charge in [0.25, 0.3) is 0 Å². The van der Waals surface area contributed by atoms with E-state index in [1.54, 1.807) is 0 Å². The first-order chi connectivity index (χ1) is 20.2. The van der Waals surface area contributed by atoms with Crippen molar-refractivity contribution in [2.24, 2.45) is 0 Å². The van der Waals surface area contributed by atoms with Crippen LogP contribution in [0.2, 0.25) is 0 Å². The molecule has 6 aromatic rings. The maximum Gasteiger partial charge on any atom is 0.00699 e. The van der Waals surface area contributed by atoms with Crippen LogP contribution < -0.4 is 0 Å². The predicted molar refractivity (Wildman–Crippen MR) is 174 cm³/mol. The predicted octanol–water partition coefficient (Wildman–Crippen LogP) is 10.9. The van der Waals surface area contributed by atoms with Gasteiger partial charge in [0, 0.05) is 11.8 Å². The number of fused-ring (bicyclic) bond motifs is 4. The summed E-state index contributed by atoms with van der Waals surface area (Å²) in [6, 6.07) is 49.4. The van der Waals surface area contributed by atoms with E-state index >= 15 is 0 Å². The molecule has 0 fully saturated rings. The van der Waals surface area contributed by atoms with Gasteiger partial charge in [0.15, 0.2) is 0 Å². The minimum absolute atomic E-state index is 0.375. The Balaban J connectivity index is 1.29. The third kappa shape index (κ3) is 3.67. The molecule has 2 unspecified atom stereocenters. The molecule has 0 saturated carbocycles. The molecule has 0 heterocycles. The average Bonchev–Trinajstić information content (AvgIpc) is 3.46. The fourth-order valence-electron chi connectivity index (χ4n) is 7.74. The van der Waals surface area contributed by atoms with Gasteiger partial charge in [0.05, 0.1) is 0 Å². The van der Waals surface area contributed by atoms with E-state index in [0.717, 1.165) is 6.42 Å². The summed E-state index contributed by atoms with van der Waals surface area (Å²) in [5.74, 6) is 0.750. The zero-order valence-corrected chi connectivity index (χ0v) is 23.6. The SMILES string of the molecule is CC1=C(c2cccc3ccccc23)c2ccccc2C1CC1C(C)=C(c2cccc3ccccc23)c2ccccc21. The largest absolute Gasteiger partial charge is 0.0619 e. The Morgan fingerprint density at radius 1 is 0.390 bits per heavy atom. The van der Waals surface area contributed by atoms with E-state index in [4.69, 9.17) is 0 Å². The first-order valence-corrected chi connectivity index (χ1v) is 14.8. The molecule has 6 aromatic carbocycles. The Hall–Kier alpha value is -4.68. The Morgan fingerprint density at radius 3 is 1.24 bits per heavy atom. The summed E-state index contributed by atoms with van der Waals surface area (Å²) < 4.78 is 0. The van der Waals surface area contributed by atoms with Crippen LogP contribution in [0.15, 0.2) is 145 Å². The summed E-state index contributed by atoms with van der Waals surface area (Å²) in [4.78, 5) is 0.